The topological polar surface area (TPSA) is 58.1 Å². The van der Waals surface area contributed by atoms with Gasteiger partial charge in [-0.15, -0.1) is 0 Å². The largest absolute Gasteiger partial charge is 0.333 e. The van der Waals surface area contributed by atoms with Crippen LogP contribution in [0.1, 0.15) is 20.3 Å². The van der Waals surface area contributed by atoms with Crippen molar-refractivity contribution in [2.45, 2.75) is 26.3 Å². The minimum absolute atomic E-state index is 0.100. The van der Waals surface area contributed by atoms with Crippen molar-refractivity contribution in [3.8, 4) is 0 Å². The average Bonchev–Trinajstić information content (AvgIpc) is 2.71. The third-order valence-electron chi connectivity index (χ3n) is 3.06. The van der Waals surface area contributed by atoms with Gasteiger partial charge in [0.2, 0.25) is 5.95 Å². The number of hydrogen-bond acceptors (Lipinski definition) is 3. The summed E-state index contributed by atoms with van der Waals surface area (Å²) in [5.41, 5.74) is 0. The molecule has 5 nitrogen and oxygen atoms in total. The molecule has 2 atom stereocenters. The summed E-state index contributed by atoms with van der Waals surface area (Å²) in [6.45, 7) is 4.91. The van der Waals surface area contributed by atoms with E-state index in [0.717, 1.165) is 6.42 Å². The number of hydrogen-bond donors (Lipinski definition) is 1. The summed E-state index contributed by atoms with van der Waals surface area (Å²) >= 11 is 0. The van der Waals surface area contributed by atoms with Crippen LogP contribution in [0.4, 0.5) is 10.7 Å². The minimum Gasteiger partial charge on any atom is -0.333 e. The van der Waals surface area contributed by atoms with E-state index in [1.807, 2.05) is 0 Å². The average molecular weight is 220 g/mol. The van der Waals surface area contributed by atoms with Crippen LogP contribution < -0.4 is 10.2 Å². The van der Waals surface area contributed by atoms with E-state index in [1.54, 1.807) is 23.4 Å². The zero-order valence-corrected chi connectivity index (χ0v) is 9.55. The molecular weight excluding hydrogens is 204 g/mol. The van der Waals surface area contributed by atoms with Gasteiger partial charge in [-0.3, -0.25) is 4.90 Å². The molecule has 0 aromatic carbocycles. The number of carbonyl (C=O) groups is 1. The van der Waals surface area contributed by atoms with Gasteiger partial charge in [-0.1, -0.05) is 20.3 Å². The lowest BCUT2D eigenvalue weighted by molar-refractivity contribution is 0.249. The second-order valence-electron chi connectivity index (χ2n) is 4.10. The number of nitrogens with zero attached hydrogens (tertiary/aromatic N) is 3. The first kappa shape index (κ1) is 10.9. The molecule has 1 saturated heterocycles. The summed E-state index contributed by atoms with van der Waals surface area (Å²) in [7, 11) is 0. The fourth-order valence-electron chi connectivity index (χ4n) is 1.77. The van der Waals surface area contributed by atoms with Crippen LogP contribution in [0.5, 0.6) is 0 Å². The van der Waals surface area contributed by atoms with Gasteiger partial charge in [0.05, 0.1) is 12.6 Å². The van der Waals surface area contributed by atoms with Crippen molar-refractivity contribution < 1.29 is 4.79 Å². The summed E-state index contributed by atoms with van der Waals surface area (Å²) in [5.74, 6) is 0.948. The zero-order chi connectivity index (χ0) is 11.5. The molecule has 0 aliphatic carbocycles. The molecule has 0 radical (unpaired) electrons. The first-order chi connectivity index (χ1) is 7.72. The van der Waals surface area contributed by atoms with E-state index in [2.05, 4.69) is 29.1 Å². The highest BCUT2D eigenvalue weighted by molar-refractivity contribution is 5.92. The van der Waals surface area contributed by atoms with Gasteiger partial charge < -0.3 is 5.32 Å². The van der Waals surface area contributed by atoms with Crippen LogP contribution in [-0.4, -0.2) is 28.6 Å². The predicted molar refractivity (Wildman–Crippen MR) is 61.2 cm³/mol. The van der Waals surface area contributed by atoms with Gasteiger partial charge in [-0.25, -0.2) is 14.8 Å². The Morgan fingerprint density at radius 3 is 2.88 bits per heavy atom. The summed E-state index contributed by atoms with van der Waals surface area (Å²) in [6, 6.07) is 1.83. The standard InChI is InChI=1S/C11H16N4O/c1-3-8(2)9-7-15(11(16)14-9)10-12-5-4-6-13-10/h4-6,8-9H,3,7H2,1-2H3,(H,14,16). The molecular formula is C11H16N4O. The van der Waals surface area contributed by atoms with Crippen LogP contribution in [0, 0.1) is 5.92 Å². The Balaban J connectivity index is 2.11. The Morgan fingerprint density at radius 1 is 1.56 bits per heavy atom. The van der Waals surface area contributed by atoms with Crippen LogP contribution in [0.25, 0.3) is 0 Å². The Bertz CT molecular complexity index is 368. The number of aromatic nitrogens is 2. The molecule has 1 aromatic heterocycles. The molecule has 5 heteroatoms. The van der Waals surface area contributed by atoms with Crippen molar-refractivity contribution in [2.75, 3.05) is 11.4 Å². The third kappa shape index (κ3) is 1.98. The third-order valence-corrected chi connectivity index (χ3v) is 3.06. The van der Waals surface area contributed by atoms with Gasteiger partial charge in [-0.2, -0.15) is 0 Å². The van der Waals surface area contributed by atoms with E-state index in [4.69, 9.17) is 0 Å². The maximum Gasteiger partial charge on any atom is 0.324 e. The van der Waals surface area contributed by atoms with Crippen molar-refractivity contribution in [2.24, 2.45) is 5.92 Å². The van der Waals surface area contributed by atoms with E-state index in [-0.39, 0.29) is 12.1 Å². The van der Waals surface area contributed by atoms with E-state index in [0.29, 0.717) is 18.4 Å². The number of nitrogens with one attached hydrogen (secondary N) is 1. The molecule has 1 aliphatic heterocycles. The fourth-order valence-corrected chi connectivity index (χ4v) is 1.77. The molecule has 2 heterocycles. The second-order valence-corrected chi connectivity index (χ2v) is 4.10. The lowest BCUT2D eigenvalue weighted by atomic mass is 10.0. The van der Waals surface area contributed by atoms with Crippen LogP contribution in [0.15, 0.2) is 18.5 Å². The molecule has 2 unspecified atom stereocenters. The van der Waals surface area contributed by atoms with E-state index in [9.17, 15) is 4.79 Å². The fraction of sp³-hybridized carbons (Fsp3) is 0.545. The highest BCUT2D eigenvalue weighted by Crippen LogP contribution is 2.18. The lowest BCUT2D eigenvalue weighted by Crippen LogP contribution is -2.32. The van der Waals surface area contributed by atoms with Crippen LogP contribution in [0.2, 0.25) is 0 Å². The molecule has 2 rings (SSSR count). The highest BCUT2D eigenvalue weighted by atomic mass is 16.2. The zero-order valence-electron chi connectivity index (χ0n) is 9.55. The number of rotatable bonds is 3. The van der Waals surface area contributed by atoms with E-state index in [1.165, 1.54) is 0 Å². The summed E-state index contributed by atoms with van der Waals surface area (Å²) < 4.78 is 0. The maximum absolute atomic E-state index is 11.7. The number of carbonyl (C=O) groups excluding carboxylic acids is 1. The monoisotopic (exact) mass is 220 g/mol. The molecule has 0 saturated carbocycles. The molecule has 0 bridgehead atoms. The minimum atomic E-state index is -0.100. The van der Waals surface area contributed by atoms with E-state index >= 15 is 0 Å². The number of urea groups is 1. The first-order valence-electron chi connectivity index (χ1n) is 5.57. The SMILES string of the molecule is CCC(C)C1CN(c2ncccn2)C(=O)N1. The van der Waals surface area contributed by atoms with Crippen molar-refractivity contribution >= 4 is 12.0 Å². The number of anilines is 1. The van der Waals surface area contributed by atoms with Crippen molar-refractivity contribution in [3.05, 3.63) is 18.5 Å². The maximum atomic E-state index is 11.7. The molecule has 16 heavy (non-hydrogen) atoms. The molecule has 1 aromatic rings. The Morgan fingerprint density at radius 2 is 2.25 bits per heavy atom. The van der Waals surface area contributed by atoms with Crippen LogP contribution in [-0.2, 0) is 0 Å². The summed E-state index contributed by atoms with van der Waals surface area (Å²) in [5, 5.41) is 2.96. The Labute approximate surface area is 94.9 Å². The van der Waals surface area contributed by atoms with Gasteiger partial charge in [0.1, 0.15) is 0 Å². The molecule has 86 valence electrons. The highest BCUT2D eigenvalue weighted by Gasteiger charge is 2.33. The van der Waals surface area contributed by atoms with Crippen molar-refractivity contribution in [1.29, 1.82) is 0 Å². The van der Waals surface area contributed by atoms with Crippen LogP contribution in [0.3, 0.4) is 0 Å². The summed E-state index contributed by atoms with van der Waals surface area (Å²) in [6.07, 6.45) is 4.34. The van der Waals surface area contributed by atoms with Gasteiger partial charge >= 0.3 is 6.03 Å². The lowest BCUT2D eigenvalue weighted by Gasteiger charge is -2.16. The van der Waals surface area contributed by atoms with Crippen molar-refractivity contribution in [3.63, 3.8) is 0 Å². The van der Waals surface area contributed by atoms with Gasteiger partial charge in [0.25, 0.3) is 0 Å². The second kappa shape index (κ2) is 4.47. The van der Waals surface area contributed by atoms with Crippen LogP contribution >= 0.6 is 0 Å². The molecule has 2 amide bonds. The molecule has 0 spiro atoms. The molecule has 1 fully saturated rings. The molecule has 1 N–H and O–H groups in total. The Hall–Kier alpha value is -1.65. The normalized spacial score (nSPS) is 22.0. The van der Waals surface area contributed by atoms with Gasteiger partial charge in [0.15, 0.2) is 0 Å². The Kier molecular flexibility index (Phi) is 3.03. The smallest absolute Gasteiger partial charge is 0.324 e. The first-order valence-corrected chi connectivity index (χ1v) is 5.57. The predicted octanol–water partition coefficient (Wildman–Crippen LogP) is 1.42. The van der Waals surface area contributed by atoms with Gasteiger partial charge in [0, 0.05) is 12.4 Å². The van der Waals surface area contributed by atoms with E-state index < -0.39 is 0 Å². The number of amides is 2. The molecule has 1 aliphatic rings. The van der Waals surface area contributed by atoms with Crippen molar-refractivity contribution in [1.82, 2.24) is 15.3 Å². The van der Waals surface area contributed by atoms with Gasteiger partial charge in [-0.05, 0) is 12.0 Å². The quantitative estimate of drug-likeness (QED) is 0.838. The summed E-state index contributed by atoms with van der Waals surface area (Å²) in [4.78, 5) is 21.5.